The fourth-order valence-electron chi connectivity index (χ4n) is 3.00. The number of aryl methyl sites for hydroxylation is 1. The van der Waals surface area contributed by atoms with E-state index in [1.807, 2.05) is 6.92 Å². The second-order valence-electron chi connectivity index (χ2n) is 6.37. The minimum atomic E-state index is -4.54. The Balaban J connectivity index is 1.59. The van der Waals surface area contributed by atoms with E-state index in [-0.39, 0.29) is 31.3 Å². The highest BCUT2D eigenvalue weighted by Crippen LogP contribution is 2.31. The van der Waals surface area contributed by atoms with Crippen LogP contribution in [0.2, 0.25) is 0 Å². The smallest absolute Gasteiger partial charge is 0.352 e. The van der Waals surface area contributed by atoms with E-state index in [2.05, 4.69) is 15.4 Å². The maximum Gasteiger partial charge on any atom is 0.449 e. The lowest BCUT2D eigenvalue weighted by Gasteiger charge is -2.15. The van der Waals surface area contributed by atoms with Crippen molar-refractivity contribution in [2.45, 2.75) is 45.1 Å². The summed E-state index contributed by atoms with van der Waals surface area (Å²) in [6, 6.07) is 8.13. The number of hydrogen-bond acceptors (Lipinski definition) is 3. The van der Waals surface area contributed by atoms with Crippen LogP contribution in [-0.2, 0) is 24.1 Å². The average molecular weight is 379 g/mol. The molecule has 0 saturated carbocycles. The minimum Gasteiger partial charge on any atom is -0.352 e. The summed E-state index contributed by atoms with van der Waals surface area (Å²) in [5.74, 6) is -1.14. The minimum absolute atomic E-state index is 0.0658. The molecule has 1 aromatic carbocycles. The van der Waals surface area contributed by atoms with Crippen LogP contribution in [0.1, 0.15) is 25.6 Å². The number of alkyl halides is 3. The van der Waals surface area contributed by atoms with Crippen LogP contribution in [0.3, 0.4) is 0 Å². The maximum atomic E-state index is 13.3. The first-order valence-corrected chi connectivity index (χ1v) is 8.64. The molecule has 6 nitrogen and oxygen atoms in total. The summed E-state index contributed by atoms with van der Waals surface area (Å²) in [6.07, 6.45) is -0.676. The first-order valence-electron chi connectivity index (χ1n) is 8.64. The zero-order chi connectivity index (χ0) is 19.4. The Labute approximate surface area is 154 Å². The number of imidazole rings is 1. The molecule has 0 radical (unpaired) electrons. The van der Waals surface area contributed by atoms with Gasteiger partial charge in [-0.2, -0.15) is 18.3 Å². The Morgan fingerprint density at radius 3 is 2.74 bits per heavy atom. The number of aromatic nitrogens is 4. The lowest BCUT2D eigenvalue weighted by Crippen LogP contribution is -2.35. The quantitative estimate of drug-likeness (QED) is 0.685. The monoisotopic (exact) mass is 379 g/mol. The van der Waals surface area contributed by atoms with E-state index in [1.54, 1.807) is 47.4 Å². The number of rotatable bonds is 7. The molecule has 1 atom stereocenters. The van der Waals surface area contributed by atoms with Crippen molar-refractivity contribution < 1.29 is 18.0 Å². The molecule has 0 aliphatic heterocycles. The van der Waals surface area contributed by atoms with Crippen LogP contribution in [0, 0.1) is 0 Å². The largest absolute Gasteiger partial charge is 0.449 e. The van der Waals surface area contributed by atoms with Crippen LogP contribution in [0.25, 0.3) is 11.0 Å². The summed E-state index contributed by atoms with van der Waals surface area (Å²) in [5.41, 5.74) is 0.708. The van der Waals surface area contributed by atoms with Gasteiger partial charge in [0.1, 0.15) is 0 Å². The molecule has 0 bridgehead atoms. The molecule has 2 heterocycles. The molecule has 144 valence electrons. The third-order valence-corrected chi connectivity index (χ3v) is 4.12. The number of hydrogen-bond donors (Lipinski definition) is 1. The van der Waals surface area contributed by atoms with Gasteiger partial charge in [-0.05, 0) is 31.5 Å². The molecule has 9 heteroatoms. The zero-order valence-electron chi connectivity index (χ0n) is 14.8. The number of carbonyl (C=O) groups excluding carboxylic acids is 1. The van der Waals surface area contributed by atoms with E-state index in [9.17, 15) is 18.0 Å². The van der Waals surface area contributed by atoms with Crippen molar-refractivity contribution in [3.05, 3.63) is 48.5 Å². The van der Waals surface area contributed by atoms with Gasteiger partial charge in [0.05, 0.1) is 17.6 Å². The lowest BCUT2D eigenvalue weighted by atomic mass is 10.2. The van der Waals surface area contributed by atoms with Crippen molar-refractivity contribution in [3.8, 4) is 0 Å². The van der Waals surface area contributed by atoms with Gasteiger partial charge in [-0.25, -0.2) is 4.98 Å². The van der Waals surface area contributed by atoms with Crippen molar-refractivity contribution >= 4 is 16.9 Å². The fourth-order valence-corrected chi connectivity index (χ4v) is 3.00. The van der Waals surface area contributed by atoms with E-state index in [4.69, 9.17) is 0 Å². The van der Waals surface area contributed by atoms with Gasteiger partial charge in [-0.15, -0.1) is 0 Å². The van der Waals surface area contributed by atoms with E-state index in [1.165, 1.54) is 0 Å². The summed E-state index contributed by atoms with van der Waals surface area (Å²) in [4.78, 5) is 15.8. The van der Waals surface area contributed by atoms with Gasteiger partial charge >= 0.3 is 6.18 Å². The number of nitrogens with one attached hydrogen (secondary N) is 1. The van der Waals surface area contributed by atoms with Crippen molar-refractivity contribution in [1.29, 1.82) is 0 Å². The molecule has 0 saturated heterocycles. The normalized spacial score (nSPS) is 13.0. The lowest BCUT2D eigenvalue weighted by molar-refractivity contribution is -0.146. The third kappa shape index (κ3) is 4.66. The molecule has 2 aromatic heterocycles. The molecule has 0 spiro atoms. The van der Waals surface area contributed by atoms with E-state index in [0.717, 1.165) is 4.57 Å². The average Bonchev–Trinajstić information content (AvgIpc) is 3.22. The predicted molar refractivity (Wildman–Crippen MR) is 93.8 cm³/mol. The number of benzene rings is 1. The first kappa shape index (κ1) is 18.9. The molecule has 0 aliphatic carbocycles. The van der Waals surface area contributed by atoms with Crippen LogP contribution in [0.4, 0.5) is 13.2 Å². The highest BCUT2D eigenvalue weighted by Gasteiger charge is 2.37. The Morgan fingerprint density at radius 2 is 2.04 bits per heavy atom. The molecule has 0 fully saturated rings. The highest BCUT2D eigenvalue weighted by molar-refractivity contribution is 5.77. The zero-order valence-corrected chi connectivity index (χ0v) is 14.8. The van der Waals surface area contributed by atoms with Crippen LogP contribution < -0.4 is 5.32 Å². The predicted octanol–water partition coefficient (Wildman–Crippen LogP) is 3.24. The third-order valence-electron chi connectivity index (χ3n) is 4.12. The molecular formula is C18H20F3N5O. The Morgan fingerprint density at radius 1 is 1.26 bits per heavy atom. The van der Waals surface area contributed by atoms with E-state index < -0.39 is 12.0 Å². The first-order chi connectivity index (χ1) is 12.8. The van der Waals surface area contributed by atoms with Gasteiger partial charge < -0.3 is 9.88 Å². The molecule has 3 aromatic rings. The topological polar surface area (TPSA) is 64.7 Å². The summed E-state index contributed by atoms with van der Waals surface area (Å²) < 4.78 is 42.6. The Bertz CT molecular complexity index is 902. The maximum absolute atomic E-state index is 13.3. The second kappa shape index (κ2) is 7.81. The summed E-state index contributed by atoms with van der Waals surface area (Å²) in [7, 11) is 0. The van der Waals surface area contributed by atoms with Gasteiger partial charge in [-0.3, -0.25) is 9.48 Å². The molecule has 1 unspecified atom stereocenters. The number of para-hydroxylation sites is 2. The highest BCUT2D eigenvalue weighted by atomic mass is 19.4. The summed E-state index contributed by atoms with van der Waals surface area (Å²) >= 11 is 0. The van der Waals surface area contributed by atoms with E-state index >= 15 is 0 Å². The standard InChI is InChI=1S/C18H20F3N5O/c1-13(12-25-10-5-9-22-25)23-16(27)8-4-11-26-15-7-3-2-6-14(15)24-17(26)18(19,20)21/h2-3,5-7,9-10,13H,4,8,11-12H2,1H3,(H,23,27). The van der Waals surface area contributed by atoms with Crippen molar-refractivity contribution in [2.24, 2.45) is 0 Å². The molecule has 3 rings (SSSR count). The van der Waals surface area contributed by atoms with Gasteiger partial charge in [0.25, 0.3) is 0 Å². The van der Waals surface area contributed by atoms with Crippen LogP contribution in [0.15, 0.2) is 42.7 Å². The van der Waals surface area contributed by atoms with E-state index in [0.29, 0.717) is 17.6 Å². The van der Waals surface area contributed by atoms with Crippen molar-refractivity contribution in [3.63, 3.8) is 0 Å². The SMILES string of the molecule is CC(Cn1cccn1)NC(=O)CCCn1c(C(F)(F)F)nc2ccccc21. The molecule has 1 N–H and O–H groups in total. The summed E-state index contributed by atoms with van der Waals surface area (Å²) in [6.45, 7) is 2.45. The number of amides is 1. The summed E-state index contributed by atoms with van der Waals surface area (Å²) in [5, 5.41) is 6.90. The molecular weight excluding hydrogens is 359 g/mol. The second-order valence-corrected chi connectivity index (χ2v) is 6.37. The fraction of sp³-hybridized carbons (Fsp3) is 0.389. The van der Waals surface area contributed by atoms with Gasteiger partial charge in [-0.1, -0.05) is 12.1 Å². The number of fused-ring (bicyclic) bond motifs is 1. The van der Waals surface area contributed by atoms with Crippen LogP contribution in [-0.4, -0.2) is 31.3 Å². The van der Waals surface area contributed by atoms with Crippen molar-refractivity contribution in [1.82, 2.24) is 24.6 Å². The number of nitrogens with zero attached hydrogens (tertiary/aromatic N) is 4. The molecule has 27 heavy (non-hydrogen) atoms. The van der Waals surface area contributed by atoms with Gasteiger partial charge in [0.15, 0.2) is 0 Å². The van der Waals surface area contributed by atoms with Crippen molar-refractivity contribution in [2.75, 3.05) is 0 Å². The van der Waals surface area contributed by atoms with Gasteiger partial charge in [0, 0.05) is 31.4 Å². The van der Waals surface area contributed by atoms with Crippen LogP contribution in [0.5, 0.6) is 0 Å². The Kier molecular flexibility index (Phi) is 5.48. The number of carbonyl (C=O) groups is 1. The Hall–Kier alpha value is -2.84. The molecule has 0 aliphatic rings. The van der Waals surface area contributed by atoms with Crippen LogP contribution >= 0.6 is 0 Å². The van der Waals surface area contributed by atoms with Gasteiger partial charge in [0.2, 0.25) is 11.7 Å². The number of halogens is 3. The molecule has 1 amide bonds.